The molecule has 0 aliphatic rings. The van der Waals surface area contributed by atoms with Gasteiger partial charge in [-0.15, -0.1) is 0 Å². The summed E-state index contributed by atoms with van der Waals surface area (Å²) in [5, 5.41) is 11.0. The number of H-pyrrole nitrogens is 1. The minimum atomic E-state index is 0.614. The van der Waals surface area contributed by atoms with Gasteiger partial charge in [0.25, 0.3) is 0 Å². The third kappa shape index (κ3) is 3.16. The predicted molar refractivity (Wildman–Crippen MR) is 82.3 cm³/mol. The van der Waals surface area contributed by atoms with Crippen molar-refractivity contribution in [2.75, 3.05) is 51.0 Å². The van der Waals surface area contributed by atoms with Crippen molar-refractivity contribution < 1.29 is 0 Å². The van der Waals surface area contributed by atoms with Crippen LogP contribution in [-0.2, 0) is 0 Å². The van der Waals surface area contributed by atoms with E-state index >= 15 is 0 Å². The molecular formula is C13H23N7. The van der Waals surface area contributed by atoms with Gasteiger partial charge in [-0.25, -0.2) is 0 Å². The maximum atomic E-state index is 4.61. The van der Waals surface area contributed by atoms with Crippen molar-refractivity contribution in [3.63, 3.8) is 0 Å². The molecule has 0 bridgehead atoms. The number of likely N-dealkylation sites (N-methyl/N-ethyl adjacent to an activating group) is 1. The van der Waals surface area contributed by atoms with Gasteiger partial charge in [-0.3, -0.25) is 5.10 Å². The van der Waals surface area contributed by atoms with E-state index in [1.54, 1.807) is 6.20 Å². The Balaban J connectivity index is 2.37. The molecule has 0 aliphatic carbocycles. The van der Waals surface area contributed by atoms with Crippen LogP contribution in [-0.4, -0.2) is 65.8 Å². The Morgan fingerprint density at radius 3 is 2.65 bits per heavy atom. The zero-order chi connectivity index (χ0) is 14.5. The zero-order valence-electron chi connectivity index (χ0n) is 12.6. The molecule has 0 radical (unpaired) electrons. The lowest BCUT2D eigenvalue weighted by molar-refractivity contribution is 0.412. The first-order valence-electron chi connectivity index (χ1n) is 6.94. The molecule has 0 amide bonds. The molecule has 110 valence electrons. The van der Waals surface area contributed by atoms with E-state index in [1.165, 1.54) is 0 Å². The van der Waals surface area contributed by atoms with Gasteiger partial charge in [0, 0.05) is 26.7 Å². The normalized spacial score (nSPS) is 11.2. The third-order valence-corrected chi connectivity index (χ3v) is 3.12. The summed E-state index contributed by atoms with van der Waals surface area (Å²) in [6.45, 7) is 5.06. The van der Waals surface area contributed by atoms with Crippen LogP contribution in [0.5, 0.6) is 0 Å². The fraction of sp³-hybridized carbons (Fsp3) is 0.615. The molecule has 7 heteroatoms. The molecule has 2 heterocycles. The summed E-state index contributed by atoms with van der Waals surface area (Å²) in [4.78, 5) is 13.5. The number of hydrogen-bond acceptors (Lipinski definition) is 6. The summed E-state index contributed by atoms with van der Waals surface area (Å²) >= 11 is 0. The molecular weight excluding hydrogens is 254 g/mol. The second-order valence-corrected chi connectivity index (χ2v) is 5.04. The quantitative estimate of drug-likeness (QED) is 0.791. The first-order chi connectivity index (χ1) is 9.65. The standard InChI is InChI=1S/C13H23N7/c1-5-6-20(8-7-19(3)4)12-10-9-15-18-11(10)16-13(14-2)17-12/h9H,5-8H2,1-4H3,(H2,14,15,16,17,18). The number of aromatic nitrogens is 4. The number of rotatable bonds is 7. The summed E-state index contributed by atoms with van der Waals surface area (Å²) in [5.41, 5.74) is 0.769. The summed E-state index contributed by atoms with van der Waals surface area (Å²) in [7, 11) is 5.98. The maximum absolute atomic E-state index is 4.61. The fourth-order valence-corrected chi connectivity index (χ4v) is 2.09. The SMILES string of the molecule is CCCN(CCN(C)C)c1nc(NC)nc2[nH]ncc12. The second-order valence-electron chi connectivity index (χ2n) is 5.04. The molecule has 0 aromatic carbocycles. The lowest BCUT2D eigenvalue weighted by Gasteiger charge is -2.25. The van der Waals surface area contributed by atoms with E-state index in [2.05, 4.69) is 56.3 Å². The lowest BCUT2D eigenvalue weighted by Crippen LogP contribution is -2.33. The van der Waals surface area contributed by atoms with E-state index in [1.807, 2.05) is 7.05 Å². The Hall–Kier alpha value is -1.89. The van der Waals surface area contributed by atoms with Crippen molar-refractivity contribution in [1.82, 2.24) is 25.1 Å². The first-order valence-corrected chi connectivity index (χ1v) is 6.94. The molecule has 0 fully saturated rings. The van der Waals surface area contributed by atoms with Gasteiger partial charge in [0.1, 0.15) is 5.82 Å². The molecule has 0 spiro atoms. The van der Waals surface area contributed by atoms with E-state index in [-0.39, 0.29) is 0 Å². The van der Waals surface area contributed by atoms with E-state index in [9.17, 15) is 0 Å². The van der Waals surface area contributed by atoms with E-state index < -0.39 is 0 Å². The van der Waals surface area contributed by atoms with Crippen LogP contribution in [0.15, 0.2) is 6.20 Å². The van der Waals surface area contributed by atoms with Crippen molar-refractivity contribution in [2.45, 2.75) is 13.3 Å². The van der Waals surface area contributed by atoms with Gasteiger partial charge in [-0.1, -0.05) is 6.92 Å². The average Bonchev–Trinajstić information content (AvgIpc) is 2.90. The van der Waals surface area contributed by atoms with Crippen molar-refractivity contribution >= 4 is 22.8 Å². The van der Waals surface area contributed by atoms with Crippen LogP contribution in [0.2, 0.25) is 0 Å². The molecule has 20 heavy (non-hydrogen) atoms. The van der Waals surface area contributed by atoms with E-state index in [0.717, 1.165) is 42.9 Å². The summed E-state index contributed by atoms with van der Waals surface area (Å²) in [6.07, 6.45) is 2.87. The molecule has 2 aromatic heterocycles. The summed E-state index contributed by atoms with van der Waals surface area (Å²) < 4.78 is 0. The van der Waals surface area contributed by atoms with Crippen LogP contribution >= 0.6 is 0 Å². The van der Waals surface area contributed by atoms with Gasteiger partial charge in [-0.05, 0) is 20.5 Å². The highest BCUT2D eigenvalue weighted by Gasteiger charge is 2.15. The number of nitrogens with zero attached hydrogens (tertiary/aromatic N) is 5. The van der Waals surface area contributed by atoms with Crippen molar-refractivity contribution in [1.29, 1.82) is 0 Å². The van der Waals surface area contributed by atoms with Gasteiger partial charge in [0.15, 0.2) is 5.65 Å². The first kappa shape index (κ1) is 14.5. The molecule has 0 aliphatic heterocycles. The van der Waals surface area contributed by atoms with Crippen molar-refractivity contribution in [3.05, 3.63) is 6.20 Å². The number of hydrogen-bond donors (Lipinski definition) is 2. The monoisotopic (exact) mass is 277 g/mol. The van der Waals surface area contributed by atoms with Crippen LogP contribution in [0.25, 0.3) is 11.0 Å². The molecule has 7 nitrogen and oxygen atoms in total. The van der Waals surface area contributed by atoms with Gasteiger partial charge in [0.2, 0.25) is 5.95 Å². The molecule has 0 saturated carbocycles. The average molecular weight is 277 g/mol. The van der Waals surface area contributed by atoms with Crippen LogP contribution in [0, 0.1) is 0 Å². The minimum absolute atomic E-state index is 0.614. The van der Waals surface area contributed by atoms with Crippen LogP contribution in [0.1, 0.15) is 13.3 Å². The summed E-state index contributed by atoms with van der Waals surface area (Å²) in [6, 6.07) is 0. The Labute approximate surface area is 119 Å². The second kappa shape index (κ2) is 6.51. The third-order valence-electron chi connectivity index (χ3n) is 3.12. The Morgan fingerprint density at radius 2 is 2.00 bits per heavy atom. The molecule has 0 saturated heterocycles. The molecule has 0 atom stereocenters. The van der Waals surface area contributed by atoms with Crippen molar-refractivity contribution in [3.8, 4) is 0 Å². The fourth-order valence-electron chi connectivity index (χ4n) is 2.09. The number of nitrogens with one attached hydrogen (secondary N) is 2. The lowest BCUT2D eigenvalue weighted by atomic mass is 10.3. The van der Waals surface area contributed by atoms with Gasteiger partial charge >= 0.3 is 0 Å². The molecule has 2 aromatic rings. The predicted octanol–water partition coefficient (Wildman–Crippen LogP) is 1.17. The maximum Gasteiger partial charge on any atom is 0.226 e. The molecule has 2 rings (SSSR count). The van der Waals surface area contributed by atoms with E-state index in [0.29, 0.717) is 5.95 Å². The Morgan fingerprint density at radius 1 is 1.20 bits per heavy atom. The highest BCUT2D eigenvalue weighted by Crippen LogP contribution is 2.23. The van der Waals surface area contributed by atoms with E-state index in [4.69, 9.17) is 0 Å². The largest absolute Gasteiger partial charge is 0.357 e. The number of anilines is 2. The molecule has 2 N–H and O–H groups in total. The highest BCUT2D eigenvalue weighted by atomic mass is 15.3. The van der Waals surface area contributed by atoms with Crippen molar-refractivity contribution in [2.24, 2.45) is 0 Å². The Kier molecular flexibility index (Phi) is 4.73. The van der Waals surface area contributed by atoms with Gasteiger partial charge in [0.05, 0.1) is 11.6 Å². The Bertz CT molecular complexity index is 549. The van der Waals surface area contributed by atoms with Gasteiger partial charge in [-0.2, -0.15) is 15.1 Å². The molecule has 0 unspecified atom stereocenters. The zero-order valence-corrected chi connectivity index (χ0v) is 12.6. The number of aromatic amines is 1. The minimum Gasteiger partial charge on any atom is -0.357 e. The van der Waals surface area contributed by atoms with Crippen LogP contribution in [0.3, 0.4) is 0 Å². The topological polar surface area (TPSA) is 73.0 Å². The smallest absolute Gasteiger partial charge is 0.226 e. The number of fused-ring (bicyclic) bond motifs is 1. The van der Waals surface area contributed by atoms with Crippen LogP contribution < -0.4 is 10.2 Å². The highest BCUT2D eigenvalue weighted by molar-refractivity contribution is 5.87. The van der Waals surface area contributed by atoms with Crippen LogP contribution in [0.4, 0.5) is 11.8 Å². The summed E-state index contributed by atoms with van der Waals surface area (Å²) in [5.74, 6) is 1.56. The van der Waals surface area contributed by atoms with Gasteiger partial charge < -0.3 is 15.1 Å².